The van der Waals surface area contributed by atoms with Gasteiger partial charge in [-0.2, -0.15) is 0 Å². The molecule has 1 saturated heterocycles. The van der Waals surface area contributed by atoms with Crippen molar-refractivity contribution in [2.24, 2.45) is 40.4 Å². The molecule has 6 fully saturated rings. The Bertz CT molecular complexity index is 719. The van der Waals surface area contributed by atoms with E-state index in [4.69, 9.17) is 9.47 Å². The lowest BCUT2D eigenvalue weighted by Gasteiger charge is -2.68. The largest absolute Gasteiger partial charge is 0.392 e. The fourth-order valence-electron chi connectivity index (χ4n) is 10.5. The van der Waals surface area contributed by atoms with Gasteiger partial charge in [0, 0.05) is 62.3 Å². The van der Waals surface area contributed by atoms with Crippen LogP contribution in [0.15, 0.2) is 0 Å². The highest BCUT2D eigenvalue weighted by atomic mass is 16.5. The number of nitrogens with zero attached hydrogens (tertiary/aromatic N) is 1. The van der Waals surface area contributed by atoms with Gasteiger partial charge in [0.25, 0.3) is 0 Å². The molecule has 5 saturated carbocycles. The van der Waals surface area contributed by atoms with E-state index in [0.717, 1.165) is 32.4 Å². The second kappa shape index (κ2) is 5.76. The average Bonchev–Trinajstić information content (AvgIpc) is 3.08. The van der Waals surface area contributed by atoms with Crippen LogP contribution in [0.1, 0.15) is 39.5 Å². The first-order chi connectivity index (χ1) is 13.8. The number of hydrogen-bond donors (Lipinski definition) is 3. The molecule has 29 heavy (non-hydrogen) atoms. The third kappa shape index (κ3) is 1.85. The maximum atomic E-state index is 12.3. The summed E-state index contributed by atoms with van der Waals surface area (Å²) in [5, 5.41) is 35.5. The van der Waals surface area contributed by atoms with E-state index in [-0.39, 0.29) is 58.7 Å². The molecule has 164 valence electrons. The molecule has 1 spiro atoms. The molecule has 0 aromatic carbocycles. The summed E-state index contributed by atoms with van der Waals surface area (Å²) >= 11 is 0. The van der Waals surface area contributed by atoms with Crippen molar-refractivity contribution in [2.45, 2.75) is 75.6 Å². The Balaban J connectivity index is 1.63. The predicted molar refractivity (Wildman–Crippen MR) is 106 cm³/mol. The van der Waals surface area contributed by atoms with Gasteiger partial charge in [0.1, 0.15) is 0 Å². The SMILES string of the molecule is CCN1C[C@]2(C)CC[C@@H](OC)[C@@]34[C@@H]2[C@@H](O)[C@@H]([C@@H]13)[C@]1(O)C[C@@H](OC)[C@@H]2C[C@H]4[C@H]1[C@H]2O. The molecule has 5 aliphatic carbocycles. The zero-order chi connectivity index (χ0) is 20.5. The molecular formula is C23H37NO5. The van der Waals surface area contributed by atoms with Crippen molar-refractivity contribution in [1.82, 2.24) is 4.90 Å². The summed E-state index contributed by atoms with van der Waals surface area (Å²) in [6.45, 7) is 6.47. The lowest BCUT2D eigenvalue weighted by Crippen LogP contribution is -2.75. The lowest BCUT2D eigenvalue weighted by atomic mass is 9.43. The molecule has 7 bridgehead atoms. The van der Waals surface area contributed by atoms with Crippen molar-refractivity contribution in [3.05, 3.63) is 0 Å². The zero-order valence-electron chi connectivity index (χ0n) is 18.1. The molecule has 0 amide bonds. The summed E-state index contributed by atoms with van der Waals surface area (Å²) in [4.78, 5) is 2.55. The van der Waals surface area contributed by atoms with E-state index in [0.29, 0.717) is 6.42 Å². The third-order valence-electron chi connectivity index (χ3n) is 10.9. The number of likely N-dealkylation sites (tertiary alicyclic amines) is 1. The van der Waals surface area contributed by atoms with Gasteiger partial charge in [0.2, 0.25) is 0 Å². The van der Waals surface area contributed by atoms with E-state index >= 15 is 0 Å². The average molecular weight is 408 g/mol. The summed E-state index contributed by atoms with van der Waals surface area (Å²) in [7, 11) is 3.52. The molecule has 6 rings (SSSR count). The molecule has 6 nitrogen and oxygen atoms in total. The monoisotopic (exact) mass is 407 g/mol. The van der Waals surface area contributed by atoms with E-state index in [9.17, 15) is 15.3 Å². The number of fused-ring (bicyclic) bond motifs is 2. The fourth-order valence-corrected chi connectivity index (χ4v) is 10.5. The molecule has 0 radical (unpaired) electrons. The first-order valence-electron chi connectivity index (χ1n) is 11.7. The van der Waals surface area contributed by atoms with Gasteiger partial charge in [-0.1, -0.05) is 13.8 Å². The van der Waals surface area contributed by atoms with Crippen LogP contribution >= 0.6 is 0 Å². The van der Waals surface area contributed by atoms with Gasteiger partial charge in [-0.15, -0.1) is 0 Å². The maximum Gasteiger partial charge on any atom is 0.0796 e. The van der Waals surface area contributed by atoms with Crippen molar-refractivity contribution >= 4 is 0 Å². The number of hydrogen-bond acceptors (Lipinski definition) is 6. The van der Waals surface area contributed by atoms with Crippen LogP contribution in [0.3, 0.4) is 0 Å². The number of ether oxygens (including phenoxy) is 2. The molecule has 0 unspecified atom stereocenters. The van der Waals surface area contributed by atoms with Gasteiger partial charge in [-0.3, -0.25) is 4.90 Å². The van der Waals surface area contributed by atoms with Crippen LogP contribution in [0, 0.1) is 40.4 Å². The minimum absolute atomic E-state index is 0.0222. The van der Waals surface area contributed by atoms with E-state index in [2.05, 4.69) is 18.7 Å². The number of aliphatic hydroxyl groups excluding tert-OH is 2. The Labute approximate surface area is 173 Å². The fraction of sp³-hybridized carbons (Fsp3) is 1.00. The molecule has 6 heteroatoms. The van der Waals surface area contributed by atoms with Crippen molar-refractivity contribution in [2.75, 3.05) is 27.3 Å². The lowest BCUT2D eigenvalue weighted by molar-refractivity contribution is -0.270. The maximum absolute atomic E-state index is 12.3. The first-order valence-corrected chi connectivity index (χ1v) is 11.7. The molecule has 13 atom stereocenters. The summed E-state index contributed by atoms with van der Waals surface area (Å²) in [5.41, 5.74) is -1.26. The van der Waals surface area contributed by atoms with Crippen molar-refractivity contribution in [1.29, 1.82) is 0 Å². The summed E-state index contributed by atoms with van der Waals surface area (Å²) in [6, 6.07) is 0.110. The van der Waals surface area contributed by atoms with Crippen molar-refractivity contribution in [3.63, 3.8) is 0 Å². The standard InChI is InChI=1S/C23H37NO5/c1-5-24-10-21(2)7-6-14(29-4)23-12-8-11-13(28-3)9-22(27,15(12)17(11)25)16(20(23)24)18(26)19(21)23/h11-20,25-27H,5-10H2,1-4H3/t11-,12-,13+,14+,15-,16-,17-,18-,19+,20+,21-,22-,23-/m0/s1. The van der Waals surface area contributed by atoms with Crippen LogP contribution in [0.2, 0.25) is 0 Å². The van der Waals surface area contributed by atoms with Crippen LogP contribution in [0.5, 0.6) is 0 Å². The minimum Gasteiger partial charge on any atom is -0.392 e. The molecule has 0 aromatic heterocycles. The summed E-state index contributed by atoms with van der Waals surface area (Å²) < 4.78 is 12.0. The van der Waals surface area contributed by atoms with Crippen LogP contribution < -0.4 is 0 Å². The van der Waals surface area contributed by atoms with Crippen LogP contribution in [0.4, 0.5) is 0 Å². The van der Waals surface area contributed by atoms with Crippen molar-refractivity contribution < 1.29 is 24.8 Å². The summed E-state index contributed by atoms with van der Waals surface area (Å²) in [6.07, 6.45) is 2.25. The van der Waals surface area contributed by atoms with Gasteiger partial charge in [0.15, 0.2) is 0 Å². The highest BCUT2D eigenvalue weighted by Crippen LogP contribution is 2.78. The van der Waals surface area contributed by atoms with Crippen LogP contribution in [-0.4, -0.2) is 83.6 Å². The second-order valence-corrected chi connectivity index (χ2v) is 11.4. The van der Waals surface area contributed by atoms with Crippen LogP contribution in [-0.2, 0) is 9.47 Å². The quantitative estimate of drug-likeness (QED) is 0.644. The van der Waals surface area contributed by atoms with Gasteiger partial charge >= 0.3 is 0 Å². The Morgan fingerprint density at radius 1 is 1.10 bits per heavy atom. The third-order valence-corrected chi connectivity index (χ3v) is 10.9. The molecular weight excluding hydrogens is 370 g/mol. The Morgan fingerprint density at radius 3 is 2.52 bits per heavy atom. The summed E-state index contributed by atoms with van der Waals surface area (Å²) in [5.74, 6) is -0.0788. The number of rotatable bonds is 3. The number of piperidine rings is 1. The molecule has 1 aliphatic heterocycles. The smallest absolute Gasteiger partial charge is 0.0796 e. The van der Waals surface area contributed by atoms with Gasteiger partial charge < -0.3 is 24.8 Å². The first kappa shape index (κ1) is 19.4. The minimum atomic E-state index is -1.08. The number of methoxy groups -OCH3 is 2. The normalized spacial score (nSPS) is 65.1. The van der Waals surface area contributed by atoms with E-state index in [1.807, 2.05) is 7.11 Å². The van der Waals surface area contributed by atoms with Crippen molar-refractivity contribution in [3.8, 4) is 0 Å². The Hall–Kier alpha value is -0.240. The Kier molecular flexibility index (Phi) is 3.86. The second-order valence-electron chi connectivity index (χ2n) is 11.4. The van der Waals surface area contributed by atoms with Crippen LogP contribution in [0.25, 0.3) is 0 Å². The van der Waals surface area contributed by atoms with E-state index < -0.39 is 17.8 Å². The van der Waals surface area contributed by atoms with E-state index in [1.165, 1.54) is 0 Å². The topological polar surface area (TPSA) is 82.4 Å². The molecule has 1 heterocycles. The molecule has 3 N–H and O–H groups in total. The zero-order valence-corrected chi connectivity index (χ0v) is 18.1. The molecule has 6 aliphatic rings. The number of aliphatic hydroxyl groups is 3. The predicted octanol–water partition coefficient (Wildman–Crippen LogP) is 0.876. The molecule has 0 aromatic rings. The van der Waals surface area contributed by atoms with Gasteiger partial charge in [-0.25, -0.2) is 0 Å². The van der Waals surface area contributed by atoms with E-state index in [1.54, 1.807) is 7.11 Å². The Morgan fingerprint density at radius 2 is 1.86 bits per heavy atom. The highest BCUT2D eigenvalue weighted by Gasteiger charge is 2.85. The van der Waals surface area contributed by atoms with Gasteiger partial charge in [-0.05, 0) is 37.1 Å². The van der Waals surface area contributed by atoms with Gasteiger partial charge in [0.05, 0.1) is 30.0 Å². The highest BCUT2D eigenvalue weighted by molar-refractivity contribution is 5.35.